The van der Waals surface area contributed by atoms with E-state index in [2.05, 4.69) is 25.5 Å². The molecule has 0 radical (unpaired) electrons. The number of rotatable bonds is 8. The Balaban J connectivity index is 1.44. The molecule has 8 nitrogen and oxygen atoms in total. The molecule has 0 saturated heterocycles. The lowest BCUT2D eigenvalue weighted by Gasteiger charge is -2.10. The first-order valence-corrected chi connectivity index (χ1v) is 11.8. The Bertz CT molecular complexity index is 1340. The van der Waals surface area contributed by atoms with E-state index < -0.39 is 5.97 Å². The van der Waals surface area contributed by atoms with Crippen LogP contribution in [0.15, 0.2) is 89.1 Å². The molecule has 35 heavy (non-hydrogen) atoms. The highest BCUT2D eigenvalue weighted by Gasteiger charge is 2.17. The van der Waals surface area contributed by atoms with Gasteiger partial charge >= 0.3 is 5.97 Å². The molecule has 0 spiro atoms. The summed E-state index contributed by atoms with van der Waals surface area (Å²) in [6.45, 7) is 0. The molecule has 1 amide bonds. The van der Waals surface area contributed by atoms with Crippen molar-refractivity contribution in [3.63, 3.8) is 0 Å². The molecule has 176 valence electrons. The maximum Gasteiger partial charge on any atom is 0.337 e. The Kier molecular flexibility index (Phi) is 7.92. The molecular weight excluding hydrogens is 486 g/mol. The SMILES string of the molecule is COC(=O)c1ccc(C=NNC(=O)CSc2nnc(-c3ccccc3)n2-c2ccc(Cl)cc2)cc1. The number of hydrazone groups is 1. The molecule has 0 aliphatic heterocycles. The third-order valence-corrected chi connectivity index (χ3v) is 6.00. The summed E-state index contributed by atoms with van der Waals surface area (Å²) in [4.78, 5) is 23.9. The minimum atomic E-state index is -0.416. The topological polar surface area (TPSA) is 98.5 Å². The van der Waals surface area contributed by atoms with Crippen LogP contribution in [0, 0.1) is 0 Å². The summed E-state index contributed by atoms with van der Waals surface area (Å²) in [5.41, 5.74) is 5.38. The number of halogens is 1. The first kappa shape index (κ1) is 24.2. The van der Waals surface area contributed by atoms with Gasteiger partial charge in [0, 0.05) is 16.3 Å². The average Bonchev–Trinajstić information content (AvgIpc) is 3.32. The Morgan fingerprint density at radius 2 is 1.74 bits per heavy atom. The van der Waals surface area contributed by atoms with E-state index in [0.29, 0.717) is 21.6 Å². The zero-order chi connectivity index (χ0) is 24.6. The number of methoxy groups -OCH3 is 1. The quantitative estimate of drug-likeness (QED) is 0.162. The van der Waals surface area contributed by atoms with E-state index in [1.807, 2.05) is 47.0 Å². The van der Waals surface area contributed by atoms with Crippen molar-refractivity contribution in [2.24, 2.45) is 5.10 Å². The van der Waals surface area contributed by atoms with Crippen molar-refractivity contribution in [2.45, 2.75) is 5.16 Å². The van der Waals surface area contributed by atoms with Crippen LogP contribution in [-0.2, 0) is 9.53 Å². The number of benzene rings is 3. The molecule has 4 rings (SSSR count). The van der Waals surface area contributed by atoms with Gasteiger partial charge in [0.2, 0.25) is 0 Å². The summed E-state index contributed by atoms with van der Waals surface area (Å²) in [5, 5.41) is 13.8. The molecular formula is C25H20ClN5O3S. The zero-order valence-electron chi connectivity index (χ0n) is 18.6. The number of hydrogen-bond donors (Lipinski definition) is 1. The number of nitrogens with zero attached hydrogens (tertiary/aromatic N) is 4. The number of nitrogens with one attached hydrogen (secondary N) is 1. The molecule has 0 bridgehead atoms. The number of carbonyl (C=O) groups excluding carboxylic acids is 2. The third-order valence-electron chi connectivity index (χ3n) is 4.82. The molecule has 4 aromatic rings. The van der Waals surface area contributed by atoms with Gasteiger partial charge in [0.25, 0.3) is 5.91 Å². The van der Waals surface area contributed by atoms with Gasteiger partial charge in [-0.3, -0.25) is 9.36 Å². The van der Waals surface area contributed by atoms with E-state index in [1.165, 1.54) is 25.1 Å². The predicted molar refractivity (Wildman–Crippen MR) is 136 cm³/mol. The highest BCUT2D eigenvalue weighted by atomic mass is 35.5. The lowest BCUT2D eigenvalue weighted by molar-refractivity contribution is -0.118. The van der Waals surface area contributed by atoms with Crippen LogP contribution < -0.4 is 5.43 Å². The lowest BCUT2D eigenvalue weighted by Crippen LogP contribution is -2.20. The van der Waals surface area contributed by atoms with E-state index in [1.54, 1.807) is 36.4 Å². The van der Waals surface area contributed by atoms with Crippen LogP contribution in [0.5, 0.6) is 0 Å². The monoisotopic (exact) mass is 505 g/mol. The van der Waals surface area contributed by atoms with Crippen molar-refractivity contribution in [1.82, 2.24) is 20.2 Å². The molecule has 1 aromatic heterocycles. The molecule has 1 heterocycles. The summed E-state index contributed by atoms with van der Waals surface area (Å²) in [5.74, 6) is 0.0216. The van der Waals surface area contributed by atoms with Gasteiger partial charge in [-0.2, -0.15) is 5.10 Å². The highest BCUT2D eigenvalue weighted by molar-refractivity contribution is 7.99. The summed E-state index contributed by atoms with van der Waals surface area (Å²) in [6, 6.07) is 23.7. The van der Waals surface area contributed by atoms with Gasteiger partial charge in [-0.05, 0) is 42.0 Å². The second-order valence-electron chi connectivity index (χ2n) is 7.18. The van der Waals surface area contributed by atoms with Gasteiger partial charge < -0.3 is 4.74 Å². The number of thioether (sulfide) groups is 1. The maximum absolute atomic E-state index is 12.4. The number of ether oxygens (including phenoxy) is 1. The van der Waals surface area contributed by atoms with Crippen molar-refractivity contribution in [1.29, 1.82) is 0 Å². The van der Waals surface area contributed by atoms with Gasteiger partial charge in [0.15, 0.2) is 11.0 Å². The van der Waals surface area contributed by atoms with Crippen molar-refractivity contribution in [3.8, 4) is 17.1 Å². The molecule has 10 heteroatoms. The van der Waals surface area contributed by atoms with E-state index >= 15 is 0 Å². The number of hydrogen-bond acceptors (Lipinski definition) is 7. The van der Waals surface area contributed by atoms with Crippen molar-refractivity contribution >= 4 is 41.5 Å². The summed E-state index contributed by atoms with van der Waals surface area (Å²) in [6.07, 6.45) is 1.49. The second-order valence-corrected chi connectivity index (χ2v) is 8.56. The summed E-state index contributed by atoms with van der Waals surface area (Å²) < 4.78 is 6.56. The van der Waals surface area contributed by atoms with Crippen molar-refractivity contribution in [3.05, 3.63) is 95.0 Å². The normalized spacial score (nSPS) is 10.9. The largest absolute Gasteiger partial charge is 0.465 e. The lowest BCUT2D eigenvalue weighted by atomic mass is 10.1. The van der Waals surface area contributed by atoms with Gasteiger partial charge in [0.1, 0.15) is 0 Å². The average molecular weight is 506 g/mol. The predicted octanol–water partition coefficient (Wildman–Crippen LogP) is 4.62. The minimum absolute atomic E-state index is 0.0825. The molecule has 0 fully saturated rings. The van der Waals surface area contributed by atoms with Crippen LogP contribution in [0.4, 0.5) is 0 Å². The molecule has 0 atom stereocenters. The molecule has 0 unspecified atom stereocenters. The molecule has 3 aromatic carbocycles. The smallest absolute Gasteiger partial charge is 0.337 e. The third kappa shape index (κ3) is 6.14. The molecule has 0 saturated carbocycles. The zero-order valence-corrected chi connectivity index (χ0v) is 20.2. The van der Waals surface area contributed by atoms with Crippen LogP contribution in [0.1, 0.15) is 15.9 Å². The van der Waals surface area contributed by atoms with Crippen molar-refractivity contribution < 1.29 is 14.3 Å². The Morgan fingerprint density at radius 3 is 2.43 bits per heavy atom. The van der Waals surface area contributed by atoms with Crippen molar-refractivity contribution in [2.75, 3.05) is 12.9 Å². The standard InChI is InChI=1S/C25H20ClN5O3S/c1-34-24(33)19-9-7-17(8-10-19)15-27-28-22(32)16-35-25-30-29-23(18-5-3-2-4-6-18)31(25)21-13-11-20(26)12-14-21/h2-15H,16H2,1H3,(H,28,32). The fourth-order valence-corrected chi connectivity index (χ4v) is 4.00. The van der Waals surface area contributed by atoms with Gasteiger partial charge in [-0.1, -0.05) is 65.8 Å². The van der Waals surface area contributed by atoms with E-state index in [0.717, 1.165) is 16.8 Å². The van der Waals surface area contributed by atoms with Crippen LogP contribution in [0.3, 0.4) is 0 Å². The van der Waals surface area contributed by atoms with E-state index in [4.69, 9.17) is 11.6 Å². The van der Waals surface area contributed by atoms with Gasteiger partial charge in [-0.25, -0.2) is 10.2 Å². The van der Waals surface area contributed by atoms with Crippen LogP contribution in [0.25, 0.3) is 17.1 Å². The van der Waals surface area contributed by atoms with Crippen LogP contribution in [-0.4, -0.2) is 45.7 Å². The van der Waals surface area contributed by atoms with Gasteiger partial charge in [0.05, 0.1) is 24.6 Å². The van der Waals surface area contributed by atoms with Crippen LogP contribution in [0.2, 0.25) is 5.02 Å². The second kappa shape index (κ2) is 11.5. The Morgan fingerprint density at radius 1 is 1.03 bits per heavy atom. The van der Waals surface area contributed by atoms with E-state index in [-0.39, 0.29) is 11.7 Å². The maximum atomic E-state index is 12.4. The number of carbonyl (C=O) groups is 2. The Hall–Kier alpha value is -3.95. The highest BCUT2D eigenvalue weighted by Crippen LogP contribution is 2.28. The number of aromatic nitrogens is 3. The molecule has 0 aliphatic carbocycles. The van der Waals surface area contributed by atoms with Crippen LogP contribution >= 0.6 is 23.4 Å². The summed E-state index contributed by atoms with van der Waals surface area (Å²) >= 11 is 7.30. The van der Waals surface area contributed by atoms with Gasteiger partial charge in [-0.15, -0.1) is 10.2 Å². The fourth-order valence-electron chi connectivity index (χ4n) is 3.12. The number of esters is 1. The first-order valence-electron chi connectivity index (χ1n) is 10.4. The molecule has 0 aliphatic rings. The minimum Gasteiger partial charge on any atom is -0.465 e. The first-order chi connectivity index (χ1) is 17.0. The number of amides is 1. The van der Waals surface area contributed by atoms with E-state index in [9.17, 15) is 9.59 Å². The molecule has 1 N–H and O–H groups in total. The summed E-state index contributed by atoms with van der Waals surface area (Å²) in [7, 11) is 1.33. The fraction of sp³-hybridized carbons (Fsp3) is 0.0800. The Labute approximate surface area is 211 Å².